The van der Waals surface area contributed by atoms with Gasteiger partial charge in [-0.05, 0) is 63.2 Å². The molecular weight excluding hydrogens is 270 g/mol. The minimum Gasteiger partial charge on any atom is -0.377 e. The van der Waals surface area contributed by atoms with Crippen molar-refractivity contribution in [2.45, 2.75) is 71.1 Å². The molecule has 124 valence electrons. The Hall–Kier alpha value is -0.810. The van der Waals surface area contributed by atoms with Crippen LogP contribution in [0, 0.1) is 35.0 Å². The van der Waals surface area contributed by atoms with Gasteiger partial charge in [0.2, 0.25) is 0 Å². The van der Waals surface area contributed by atoms with E-state index in [2.05, 4.69) is 18.2 Å². The van der Waals surface area contributed by atoms with E-state index in [-0.39, 0.29) is 0 Å². The summed E-state index contributed by atoms with van der Waals surface area (Å²) in [6.45, 7) is 3.78. The summed E-state index contributed by atoms with van der Waals surface area (Å²) >= 11 is 0. The lowest BCUT2D eigenvalue weighted by molar-refractivity contribution is 0.0936. The number of ether oxygens (including phenoxy) is 1. The van der Waals surface area contributed by atoms with Gasteiger partial charge in [-0.25, -0.2) is 0 Å². The lowest BCUT2D eigenvalue weighted by atomic mass is 9.76. The summed E-state index contributed by atoms with van der Waals surface area (Å²) in [5, 5.41) is 8.96. The van der Waals surface area contributed by atoms with Crippen LogP contribution >= 0.6 is 0 Å². The van der Waals surface area contributed by atoms with Crippen molar-refractivity contribution in [3.63, 3.8) is 0 Å². The molecule has 0 bridgehead atoms. The predicted octanol–water partition coefficient (Wildman–Crippen LogP) is 5.50. The molecule has 2 fully saturated rings. The predicted molar refractivity (Wildman–Crippen MR) is 91.4 cm³/mol. The minimum absolute atomic E-state index is 0.356. The molecule has 0 aromatic carbocycles. The van der Waals surface area contributed by atoms with E-state index in [1.165, 1.54) is 51.4 Å². The second kappa shape index (κ2) is 10.1. The third-order valence-corrected chi connectivity index (χ3v) is 5.78. The second-order valence-corrected chi connectivity index (χ2v) is 7.42. The zero-order chi connectivity index (χ0) is 15.6. The maximum absolute atomic E-state index is 8.96. The average Bonchev–Trinajstić information content (AvgIpc) is 2.58. The first kappa shape index (κ1) is 17.5. The molecular formula is C20H33NO. The van der Waals surface area contributed by atoms with Crippen LogP contribution < -0.4 is 0 Å². The smallest absolute Gasteiger partial charge is 0.0655 e. The highest BCUT2D eigenvalue weighted by Crippen LogP contribution is 2.36. The van der Waals surface area contributed by atoms with Gasteiger partial charge in [0.15, 0.2) is 0 Å². The van der Waals surface area contributed by atoms with Gasteiger partial charge in [-0.2, -0.15) is 5.26 Å². The van der Waals surface area contributed by atoms with Crippen molar-refractivity contribution in [3.05, 3.63) is 12.2 Å². The molecule has 2 nitrogen and oxygen atoms in total. The molecule has 2 rings (SSSR count). The molecule has 0 amide bonds. The van der Waals surface area contributed by atoms with Gasteiger partial charge in [-0.1, -0.05) is 37.8 Å². The van der Waals surface area contributed by atoms with E-state index in [0.29, 0.717) is 5.92 Å². The van der Waals surface area contributed by atoms with Gasteiger partial charge in [0.1, 0.15) is 0 Å². The summed E-state index contributed by atoms with van der Waals surface area (Å²) in [5.74, 6) is 3.02. The lowest BCUT2D eigenvalue weighted by Crippen LogP contribution is -2.20. The quantitative estimate of drug-likeness (QED) is 0.460. The highest BCUT2D eigenvalue weighted by molar-refractivity contribution is 4.87. The van der Waals surface area contributed by atoms with Crippen LogP contribution in [-0.2, 0) is 4.74 Å². The van der Waals surface area contributed by atoms with Crippen molar-refractivity contribution >= 4 is 0 Å². The lowest BCUT2D eigenvalue weighted by Gasteiger charge is -2.30. The van der Waals surface area contributed by atoms with Crippen LogP contribution in [0.3, 0.4) is 0 Å². The van der Waals surface area contributed by atoms with E-state index >= 15 is 0 Å². The average molecular weight is 303 g/mol. The fourth-order valence-electron chi connectivity index (χ4n) is 4.14. The molecule has 2 aliphatic rings. The molecule has 0 spiro atoms. The van der Waals surface area contributed by atoms with E-state index in [1.54, 1.807) is 0 Å². The maximum Gasteiger partial charge on any atom is 0.0655 e. The van der Waals surface area contributed by atoms with Crippen molar-refractivity contribution in [3.8, 4) is 6.07 Å². The zero-order valence-electron chi connectivity index (χ0n) is 14.3. The Morgan fingerprint density at radius 3 is 2.00 bits per heavy atom. The Morgan fingerprint density at radius 1 is 0.909 bits per heavy atom. The Balaban J connectivity index is 1.53. The molecule has 0 radical (unpaired) electrons. The Kier molecular flexibility index (Phi) is 8.02. The summed E-state index contributed by atoms with van der Waals surface area (Å²) in [6.07, 6.45) is 17.4. The molecule has 0 aliphatic heterocycles. The Bertz CT molecular complexity index is 354. The van der Waals surface area contributed by atoms with E-state index in [4.69, 9.17) is 10.00 Å². The standard InChI is InChI=1S/C20H33NO/c1-2-3-14-22-16-20-12-8-18(9-13-20)5-4-17-6-10-19(15-21)11-7-17/h2-3,17-20H,4-14,16H2,1H3/b3-2-/t17-,18?,19-,20?. The van der Waals surface area contributed by atoms with Crippen LogP contribution in [0.4, 0.5) is 0 Å². The molecule has 0 N–H and O–H groups in total. The van der Waals surface area contributed by atoms with Crippen LogP contribution in [0.2, 0.25) is 0 Å². The molecule has 0 unspecified atom stereocenters. The van der Waals surface area contributed by atoms with Crippen molar-refractivity contribution in [1.29, 1.82) is 5.26 Å². The van der Waals surface area contributed by atoms with Gasteiger partial charge < -0.3 is 4.74 Å². The van der Waals surface area contributed by atoms with Crippen molar-refractivity contribution < 1.29 is 4.74 Å². The summed E-state index contributed by atoms with van der Waals surface area (Å²) in [5.41, 5.74) is 0. The maximum atomic E-state index is 8.96. The second-order valence-electron chi connectivity index (χ2n) is 7.42. The zero-order valence-corrected chi connectivity index (χ0v) is 14.3. The highest BCUT2D eigenvalue weighted by Gasteiger charge is 2.24. The Morgan fingerprint density at radius 2 is 1.45 bits per heavy atom. The molecule has 0 heterocycles. The fraction of sp³-hybridized carbons (Fsp3) is 0.850. The third kappa shape index (κ3) is 6.13. The van der Waals surface area contributed by atoms with Gasteiger partial charge in [-0.3, -0.25) is 0 Å². The van der Waals surface area contributed by atoms with Crippen LogP contribution in [0.1, 0.15) is 71.1 Å². The van der Waals surface area contributed by atoms with E-state index in [9.17, 15) is 0 Å². The first-order chi connectivity index (χ1) is 10.8. The van der Waals surface area contributed by atoms with Crippen molar-refractivity contribution in [2.75, 3.05) is 13.2 Å². The normalized spacial score (nSPS) is 32.9. The summed E-state index contributed by atoms with van der Waals surface area (Å²) < 4.78 is 5.71. The van der Waals surface area contributed by atoms with E-state index in [0.717, 1.165) is 43.8 Å². The molecule has 2 saturated carbocycles. The molecule has 2 aliphatic carbocycles. The fourth-order valence-corrected chi connectivity index (χ4v) is 4.14. The van der Waals surface area contributed by atoms with Gasteiger partial charge >= 0.3 is 0 Å². The first-order valence-electron chi connectivity index (χ1n) is 9.40. The topological polar surface area (TPSA) is 33.0 Å². The molecule has 0 saturated heterocycles. The largest absolute Gasteiger partial charge is 0.377 e. The van der Waals surface area contributed by atoms with Gasteiger partial charge in [0.05, 0.1) is 12.7 Å². The summed E-state index contributed by atoms with van der Waals surface area (Å²) in [6, 6.07) is 2.44. The highest BCUT2D eigenvalue weighted by atomic mass is 16.5. The van der Waals surface area contributed by atoms with Crippen molar-refractivity contribution in [1.82, 2.24) is 0 Å². The molecule has 22 heavy (non-hydrogen) atoms. The van der Waals surface area contributed by atoms with E-state index in [1.807, 2.05) is 6.92 Å². The summed E-state index contributed by atoms with van der Waals surface area (Å²) in [4.78, 5) is 0. The number of hydrogen-bond acceptors (Lipinski definition) is 2. The van der Waals surface area contributed by atoms with Crippen molar-refractivity contribution in [2.24, 2.45) is 23.7 Å². The van der Waals surface area contributed by atoms with Gasteiger partial charge in [0, 0.05) is 12.5 Å². The molecule has 0 aromatic rings. The number of nitriles is 1. The third-order valence-electron chi connectivity index (χ3n) is 5.78. The SMILES string of the molecule is C/C=C\COCC1CCC(CC[C@H]2CC[C@H](C#N)CC2)CC1. The van der Waals surface area contributed by atoms with Crippen LogP contribution in [0.5, 0.6) is 0 Å². The number of allylic oxidation sites excluding steroid dienone is 1. The van der Waals surface area contributed by atoms with Crippen LogP contribution in [-0.4, -0.2) is 13.2 Å². The molecule has 2 heteroatoms. The number of nitrogens with zero attached hydrogens (tertiary/aromatic N) is 1. The van der Waals surface area contributed by atoms with Crippen LogP contribution in [0.25, 0.3) is 0 Å². The molecule has 0 atom stereocenters. The Labute approximate surface area is 136 Å². The van der Waals surface area contributed by atoms with Gasteiger partial charge in [0.25, 0.3) is 0 Å². The molecule has 0 aromatic heterocycles. The number of hydrogen-bond donors (Lipinski definition) is 0. The van der Waals surface area contributed by atoms with Gasteiger partial charge in [-0.15, -0.1) is 0 Å². The summed E-state index contributed by atoms with van der Waals surface area (Å²) in [7, 11) is 0. The monoisotopic (exact) mass is 303 g/mol. The first-order valence-corrected chi connectivity index (χ1v) is 9.40. The van der Waals surface area contributed by atoms with Crippen LogP contribution in [0.15, 0.2) is 12.2 Å². The number of rotatable bonds is 7. The minimum atomic E-state index is 0.356. The van der Waals surface area contributed by atoms with E-state index < -0.39 is 0 Å².